The van der Waals surface area contributed by atoms with Gasteiger partial charge in [0, 0.05) is 12.1 Å². The smallest absolute Gasteiger partial charge is 0.303 e. The number of aliphatic carboxylic acids is 1. The summed E-state index contributed by atoms with van der Waals surface area (Å²) in [5, 5.41) is 11.4. The first-order chi connectivity index (χ1) is 9.06. The van der Waals surface area contributed by atoms with Gasteiger partial charge in [-0.3, -0.25) is 9.59 Å². The summed E-state index contributed by atoms with van der Waals surface area (Å²) in [7, 11) is 0. The van der Waals surface area contributed by atoms with Gasteiger partial charge < -0.3 is 10.4 Å². The molecule has 1 heterocycles. The van der Waals surface area contributed by atoms with Crippen LogP contribution in [0.15, 0.2) is 18.2 Å². The fraction of sp³-hybridized carbons (Fsp3) is 0.467. The molecule has 2 rings (SSSR count). The lowest BCUT2D eigenvalue weighted by atomic mass is 9.93. The maximum atomic E-state index is 11.3. The number of amides is 1. The summed E-state index contributed by atoms with van der Waals surface area (Å²) in [6, 6.07) is 6.10. The second-order valence-electron chi connectivity index (χ2n) is 5.18. The van der Waals surface area contributed by atoms with Crippen molar-refractivity contribution in [3.05, 3.63) is 29.3 Å². The summed E-state index contributed by atoms with van der Waals surface area (Å²) in [6.07, 6.45) is 3.34. The summed E-state index contributed by atoms with van der Waals surface area (Å²) in [4.78, 5) is 21.7. The number of carbonyl (C=O) groups is 2. The van der Waals surface area contributed by atoms with E-state index in [2.05, 4.69) is 18.3 Å². The van der Waals surface area contributed by atoms with Crippen molar-refractivity contribution in [2.24, 2.45) is 0 Å². The Kier molecular flexibility index (Phi) is 4.20. The average molecular weight is 261 g/mol. The molecule has 1 atom stereocenters. The molecule has 1 aliphatic heterocycles. The van der Waals surface area contributed by atoms with Crippen molar-refractivity contribution < 1.29 is 14.7 Å². The minimum absolute atomic E-state index is 0.0567. The van der Waals surface area contributed by atoms with E-state index in [1.54, 1.807) is 0 Å². The van der Waals surface area contributed by atoms with Gasteiger partial charge in [0.05, 0.1) is 6.42 Å². The number of rotatable bonds is 6. The van der Waals surface area contributed by atoms with Gasteiger partial charge >= 0.3 is 5.97 Å². The number of fused-ring (bicyclic) bond motifs is 1. The number of carboxylic acids is 1. The molecule has 0 saturated heterocycles. The molecule has 102 valence electrons. The largest absolute Gasteiger partial charge is 0.481 e. The lowest BCUT2D eigenvalue weighted by Gasteiger charge is -2.12. The fourth-order valence-electron chi connectivity index (χ4n) is 2.45. The molecule has 19 heavy (non-hydrogen) atoms. The van der Waals surface area contributed by atoms with Crippen LogP contribution in [0.3, 0.4) is 0 Å². The molecular formula is C15H19NO3. The van der Waals surface area contributed by atoms with Crippen molar-refractivity contribution in [3.8, 4) is 0 Å². The van der Waals surface area contributed by atoms with Crippen molar-refractivity contribution in [3.63, 3.8) is 0 Å². The first-order valence-corrected chi connectivity index (χ1v) is 6.70. The van der Waals surface area contributed by atoms with Crippen LogP contribution in [0, 0.1) is 0 Å². The monoisotopic (exact) mass is 261 g/mol. The molecule has 1 aromatic carbocycles. The maximum Gasteiger partial charge on any atom is 0.303 e. The zero-order valence-corrected chi connectivity index (χ0v) is 11.1. The Balaban J connectivity index is 1.89. The van der Waals surface area contributed by atoms with Gasteiger partial charge in [0.1, 0.15) is 0 Å². The van der Waals surface area contributed by atoms with Gasteiger partial charge in [-0.2, -0.15) is 0 Å². The predicted molar refractivity (Wildman–Crippen MR) is 73.3 cm³/mol. The minimum atomic E-state index is -0.727. The van der Waals surface area contributed by atoms with Crippen LogP contribution in [0.5, 0.6) is 0 Å². The van der Waals surface area contributed by atoms with Crippen molar-refractivity contribution in [1.82, 2.24) is 0 Å². The SMILES string of the molecule is CC(CCCCC(=O)O)c1ccc2c(c1)CC(=O)N2. The molecule has 2 N–H and O–H groups in total. The highest BCUT2D eigenvalue weighted by molar-refractivity contribution is 5.99. The summed E-state index contributed by atoms with van der Waals surface area (Å²) in [6.45, 7) is 2.15. The number of nitrogens with one attached hydrogen (secondary N) is 1. The van der Waals surface area contributed by atoms with Gasteiger partial charge in [-0.15, -0.1) is 0 Å². The first kappa shape index (κ1) is 13.6. The Morgan fingerprint density at radius 2 is 2.21 bits per heavy atom. The van der Waals surface area contributed by atoms with Gasteiger partial charge in [-0.05, 0) is 36.0 Å². The second-order valence-corrected chi connectivity index (χ2v) is 5.18. The minimum Gasteiger partial charge on any atom is -0.481 e. The van der Waals surface area contributed by atoms with Crippen molar-refractivity contribution in [2.45, 2.75) is 44.9 Å². The first-order valence-electron chi connectivity index (χ1n) is 6.70. The zero-order valence-electron chi connectivity index (χ0n) is 11.1. The molecule has 0 radical (unpaired) electrons. The van der Waals surface area contributed by atoms with Crippen LogP contribution >= 0.6 is 0 Å². The van der Waals surface area contributed by atoms with E-state index in [-0.39, 0.29) is 12.3 Å². The van der Waals surface area contributed by atoms with E-state index >= 15 is 0 Å². The normalized spacial score (nSPS) is 14.9. The van der Waals surface area contributed by atoms with E-state index in [9.17, 15) is 9.59 Å². The molecule has 1 aliphatic rings. The molecule has 1 unspecified atom stereocenters. The van der Waals surface area contributed by atoms with E-state index in [1.165, 1.54) is 5.56 Å². The van der Waals surface area contributed by atoms with Crippen LogP contribution < -0.4 is 5.32 Å². The molecule has 0 spiro atoms. The summed E-state index contributed by atoms with van der Waals surface area (Å²) >= 11 is 0. The number of unbranched alkanes of at least 4 members (excludes halogenated alkanes) is 1. The molecule has 1 aromatic rings. The van der Waals surface area contributed by atoms with Crippen LogP contribution in [-0.4, -0.2) is 17.0 Å². The zero-order chi connectivity index (χ0) is 13.8. The van der Waals surface area contributed by atoms with Crippen LogP contribution in [0.4, 0.5) is 5.69 Å². The fourth-order valence-corrected chi connectivity index (χ4v) is 2.45. The third kappa shape index (κ3) is 3.56. The third-order valence-corrected chi connectivity index (χ3v) is 3.60. The number of carbonyl (C=O) groups excluding carboxylic acids is 1. The van der Waals surface area contributed by atoms with Crippen LogP contribution in [0.2, 0.25) is 0 Å². The molecule has 0 bridgehead atoms. The number of anilines is 1. The molecule has 0 saturated carbocycles. The van der Waals surface area contributed by atoms with E-state index in [4.69, 9.17) is 5.11 Å². The van der Waals surface area contributed by atoms with Crippen LogP contribution in [0.1, 0.15) is 49.7 Å². The van der Waals surface area contributed by atoms with Gasteiger partial charge in [0.25, 0.3) is 0 Å². The van der Waals surface area contributed by atoms with E-state index in [0.717, 1.165) is 30.5 Å². The van der Waals surface area contributed by atoms with Crippen LogP contribution in [-0.2, 0) is 16.0 Å². The number of hydrogen-bond acceptors (Lipinski definition) is 2. The second kappa shape index (κ2) is 5.87. The number of benzene rings is 1. The van der Waals surface area contributed by atoms with Crippen molar-refractivity contribution >= 4 is 17.6 Å². The average Bonchev–Trinajstić information content (AvgIpc) is 2.73. The quantitative estimate of drug-likeness (QED) is 0.774. The Morgan fingerprint density at radius 1 is 1.42 bits per heavy atom. The van der Waals surface area contributed by atoms with E-state index in [0.29, 0.717) is 12.3 Å². The Labute approximate surface area is 112 Å². The number of hydrogen-bond donors (Lipinski definition) is 2. The van der Waals surface area contributed by atoms with Crippen molar-refractivity contribution in [1.29, 1.82) is 0 Å². The van der Waals surface area contributed by atoms with Gasteiger partial charge in [-0.25, -0.2) is 0 Å². The highest BCUT2D eigenvalue weighted by atomic mass is 16.4. The van der Waals surface area contributed by atoms with Gasteiger partial charge in [0.2, 0.25) is 5.91 Å². The summed E-state index contributed by atoms with van der Waals surface area (Å²) in [5.74, 6) is -0.272. The van der Waals surface area contributed by atoms with Gasteiger partial charge in [0.15, 0.2) is 0 Å². The lowest BCUT2D eigenvalue weighted by molar-refractivity contribution is -0.137. The molecule has 0 aromatic heterocycles. The Hall–Kier alpha value is -1.84. The predicted octanol–water partition coefficient (Wildman–Crippen LogP) is 2.93. The molecule has 0 fully saturated rings. The highest BCUT2D eigenvalue weighted by Crippen LogP contribution is 2.29. The molecule has 4 nitrogen and oxygen atoms in total. The standard InChI is InChI=1S/C15H19NO3/c1-10(4-2-3-5-15(18)19)11-6-7-13-12(8-11)9-14(17)16-13/h6-8,10H,2-5,9H2,1H3,(H,16,17)(H,18,19). The molecular weight excluding hydrogens is 242 g/mol. The molecule has 1 amide bonds. The number of carboxylic acid groups (broad SMARTS) is 1. The Morgan fingerprint density at radius 3 is 2.95 bits per heavy atom. The third-order valence-electron chi connectivity index (χ3n) is 3.60. The summed E-state index contributed by atoms with van der Waals surface area (Å²) < 4.78 is 0. The summed E-state index contributed by atoms with van der Waals surface area (Å²) in [5.41, 5.74) is 3.22. The van der Waals surface area contributed by atoms with Crippen molar-refractivity contribution in [2.75, 3.05) is 5.32 Å². The topological polar surface area (TPSA) is 66.4 Å². The molecule has 0 aliphatic carbocycles. The van der Waals surface area contributed by atoms with Gasteiger partial charge in [-0.1, -0.05) is 25.5 Å². The Bertz CT molecular complexity index is 496. The van der Waals surface area contributed by atoms with E-state index in [1.807, 2.05) is 12.1 Å². The highest BCUT2D eigenvalue weighted by Gasteiger charge is 2.18. The van der Waals surface area contributed by atoms with Crippen LogP contribution in [0.25, 0.3) is 0 Å². The lowest BCUT2D eigenvalue weighted by Crippen LogP contribution is -2.03. The molecule has 4 heteroatoms. The van der Waals surface area contributed by atoms with E-state index < -0.39 is 5.97 Å². The maximum absolute atomic E-state index is 11.3.